The lowest BCUT2D eigenvalue weighted by atomic mass is 9.95. The second kappa shape index (κ2) is 13.2. The maximum absolute atomic E-state index is 4.99. The Morgan fingerprint density at radius 1 is 0.271 bits per heavy atom. The van der Waals surface area contributed by atoms with E-state index in [1.807, 2.05) is 24.3 Å². The SMILES string of the molecule is c1ccc(C(N=Nc2cc3c4ccccc4c(N=NC(c4ccccc4)c4ccccc4)cc3c3ccccc23)c2ccccc2)cc1. The summed E-state index contributed by atoms with van der Waals surface area (Å²) in [5.74, 6) is 0. The van der Waals surface area contributed by atoms with E-state index in [4.69, 9.17) is 20.5 Å². The molecule has 4 heteroatoms. The Hall–Kier alpha value is -6.26. The van der Waals surface area contributed by atoms with E-state index in [0.717, 1.165) is 65.9 Å². The predicted octanol–water partition coefficient (Wildman–Crippen LogP) is 12.9. The Morgan fingerprint density at radius 2 is 0.542 bits per heavy atom. The molecule has 0 bridgehead atoms. The van der Waals surface area contributed by atoms with Crippen LogP contribution >= 0.6 is 0 Å². The molecule has 0 aliphatic rings. The van der Waals surface area contributed by atoms with Crippen LogP contribution in [-0.2, 0) is 0 Å². The van der Waals surface area contributed by atoms with Gasteiger partial charge >= 0.3 is 0 Å². The van der Waals surface area contributed by atoms with Crippen molar-refractivity contribution in [1.82, 2.24) is 0 Å². The molecule has 0 aliphatic heterocycles. The number of hydrogen-bond donors (Lipinski definition) is 0. The predicted molar refractivity (Wildman–Crippen MR) is 197 cm³/mol. The van der Waals surface area contributed by atoms with Gasteiger partial charge in [-0.1, -0.05) is 170 Å². The highest BCUT2D eigenvalue weighted by molar-refractivity contribution is 6.22. The maximum Gasteiger partial charge on any atom is 0.121 e. The zero-order valence-corrected chi connectivity index (χ0v) is 26.3. The van der Waals surface area contributed by atoms with Crippen LogP contribution in [0.15, 0.2) is 202 Å². The molecule has 4 nitrogen and oxygen atoms in total. The second-order valence-corrected chi connectivity index (χ2v) is 11.9. The average molecular weight is 617 g/mol. The number of benzene rings is 8. The number of azo groups is 2. The van der Waals surface area contributed by atoms with Gasteiger partial charge in [0.1, 0.15) is 12.1 Å². The normalized spacial score (nSPS) is 12.0. The fraction of sp³-hybridized carbons (Fsp3) is 0.0455. The quantitative estimate of drug-likeness (QED) is 0.120. The summed E-state index contributed by atoms with van der Waals surface area (Å²) in [5, 5.41) is 26.4. The summed E-state index contributed by atoms with van der Waals surface area (Å²) in [6.07, 6.45) is 0. The third kappa shape index (κ3) is 5.76. The largest absolute Gasteiger partial charge is 0.176 e. The van der Waals surface area contributed by atoms with E-state index >= 15 is 0 Å². The molecule has 0 saturated heterocycles. The number of rotatable bonds is 8. The molecule has 0 radical (unpaired) electrons. The van der Waals surface area contributed by atoms with Crippen LogP contribution in [0.1, 0.15) is 34.3 Å². The molecule has 0 fully saturated rings. The Morgan fingerprint density at radius 3 is 0.854 bits per heavy atom. The van der Waals surface area contributed by atoms with Gasteiger partial charge in [0.05, 0.1) is 11.4 Å². The molecule has 0 spiro atoms. The molecule has 48 heavy (non-hydrogen) atoms. The van der Waals surface area contributed by atoms with Gasteiger partial charge in [-0.25, -0.2) is 0 Å². The summed E-state index contributed by atoms with van der Waals surface area (Å²) in [6, 6.07) is 62.2. The molecule has 0 atom stereocenters. The van der Waals surface area contributed by atoms with Gasteiger partial charge in [-0.05, 0) is 55.9 Å². The monoisotopic (exact) mass is 616 g/mol. The Labute approximate surface area is 279 Å². The molecule has 0 heterocycles. The molecule has 228 valence electrons. The van der Waals surface area contributed by atoms with Gasteiger partial charge in [0.15, 0.2) is 0 Å². The van der Waals surface area contributed by atoms with Gasteiger partial charge in [0.25, 0.3) is 0 Å². The summed E-state index contributed by atoms with van der Waals surface area (Å²) in [7, 11) is 0. The van der Waals surface area contributed by atoms with Crippen molar-refractivity contribution in [2.75, 3.05) is 0 Å². The maximum atomic E-state index is 4.99. The number of hydrogen-bond acceptors (Lipinski definition) is 4. The van der Waals surface area contributed by atoms with Gasteiger partial charge in [0.2, 0.25) is 0 Å². The average Bonchev–Trinajstić information content (AvgIpc) is 3.17. The lowest BCUT2D eigenvalue weighted by Crippen LogP contribution is -1.97. The molecule has 8 aromatic rings. The summed E-state index contributed by atoms with van der Waals surface area (Å²) in [5.41, 5.74) is 6.07. The van der Waals surface area contributed by atoms with E-state index in [0.29, 0.717) is 0 Å². The Kier molecular flexibility index (Phi) is 8.04. The Bertz CT molecular complexity index is 2140. The zero-order valence-electron chi connectivity index (χ0n) is 26.3. The number of nitrogens with zero attached hydrogens (tertiary/aromatic N) is 4. The molecular formula is C44H32N4. The first kappa shape index (κ1) is 29.2. The minimum Gasteiger partial charge on any atom is -0.176 e. The first-order valence-electron chi connectivity index (χ1n) is 16.2. The van der Waals surface area contributed by atoms with Crippen molar-refractivity contribution in [3.63, 3.8) is 0 Å². The molecule has 0 saturated carbocycles. The van der Waals surface area contributed by atoms with Crippen LogP contribution < -0.4 is 0 Å². The third-order valence-corrected chi connectivity index (χ3v) is 8.86. The molecule has 8 rings (SSSR count). The van der Waals surface area contributed by atoms with Gasteiger partial charge in [0, 0.05) is 10.8 Å². The van der Waals surface area contributed by atoms with Crippen LogP contribution in [-0.4, -0.2) is 0 Å². The minimum absolute atomic E-state index is 0.219. The van der Waals surface area contributed by atoms with Gasteiger partial charge in [-0.15, -0.1) is 0 Å². The van der Waals surface area contributed by atoms with E-state index in [1.165, 1.54) is 0 Å². The van der Waals surface area contributed by atoms with Crippen LogP contribution in [0, 0.1) is 0 Å². The summed E-state index contributed by atoms with van der Waals surface area (Å²) in [4.78, 5) is 0. The molecule has 0 N–H and O–H groups in total. The van der Waals surface area contributed by atoms with Crippen LogP contribution in [0.25, 0.3) is 32.3 Å². The third-order valence-electron chi connectivity index (χ3n) is 8.86. The summed E-state index contributed by atoms with van der Waals surface area (Å²) >= 11 is 0. The number of fused-ring (bicyclic) bond motifs is 5. The van der Waals surface area contributed by atoms with E-state index in [1.54, 1.807) is 0 Å². The molecule has 0 unspecified atom stereocenters. The van der Waals surface area contributed by atoms with Crippen molar-refractivity contribution < 1.29 is 0 Å². The first-order valence-corrected chi connectivity index (χ1v) is 16.2. The van der Waals surface area contributed by atoms with E-state index in [2.05, 4.69) is 158 Å². The summed E-state index contributed by atoms with van der Waals surface area (Å²) < 4.78 is 0. The zero-order chi connectivity index (χ0) is 32.1. The molecular weight excluding hydrogens is 585 g/mol. The van der Waals surface area contributed by atoms with E-state index < -0.39 is 0 Å². The van der Waals surface area contributed by atoms with Crippen molar-refractivity contribution in [3.05, 3.63) is 204 Å². The topological polar surface area (TPSA) is 49.4 Å². The van der Waals surface area contributed by atoms with E-state index in [-0.39, 0.29) is 12.1 Å². The van der Waals surface area contributed by atoms with E-state index in [9.17, 15) is 0 Å². The van der Waals surface area contributed by atoms with Crippen molar-refractivity contribution in [2.45, 2.75) is 12.1 Å². The highest BCUT2D eigenvalue weighted by Crippen LogP contribution is 2.42. The van der Waals surface area contributed by atoms with Gasteiger partial charge in [-0.2, -0.15) is 20.5 Å². The molecule has 0 aliphatic carbocycles. The van der Waals surface area contributed by atoms with Crippen molar-refractivity contribution in [3.8, 4) is 0 Å². The van der Waals surface area contributed by atoms with Gasteiger partial charge in [-0.3, -0.25) is 0 Å². The fourth-order valence-corrected chi connectivity index (χ4v) is 6.51. The highest BCUT2D eigenvalue weighted by atomic mass is 15.1. The highest BCUT2D eigenvalue weighted by Gasteiger charge is 2.17. The van der Waals surface area contributed by atoms with Crippen LogP contribution in [0.2, 0.25) is 0 Å². The first-order chi connectivity index (χ1) is 23.8. The lowest BCUT2D eigenvalue weighted by Gasteiger charge is -2.15. The van der Waals surface area contributed by atoms with Crippen molar-refractivity contribution in [1.29, 1.82) is 0 Å². The molecule has 8 aromatic carbocycles. The molecule has 0 amide bonds. The second-order valence-electron chi connectivity index (χ2n) is 11.9. The Balaban J connectivity index is 1.28. The smallest absolute Gasteiger partial charge is 0.121 e. The fourth-order valence-electron chi connectivity index (χ4n) is 6.51. The van der Waals surface area contributed by atoms with Crippen LogP contribution in [0.5, 0.6) is 0 Å². The molecule has 0 aromatic heterocycles. The van der Waals surface area contributed by atoms with Gasteiger partial charge < -0.3 is 0 Å². The van der Waals surface area contributed by atoms with Crippen LogP contribution in [0.4, 0.5) is 11.4 Å². The van der Waals surface area contributed by atoms with Crippen molar-refractivity contribution in [2.24, 2.45) is 20.5 Å². The van der Waals surface area contributed by atoms with Crippen molar-refractivity contribution >= 4 is 43.7 Å². The summed E-state index contributed by atoms with van der Waals surface area (Å²) in [6.45, 7) is 0. The lowest BCUT2D eigenvalue weighted by molar-refractivity contribution is 0.810. The minimum atomic E-state index is -0.219. The standard InChI is InChI=1S/C44H32N4/c1-5-17-31(18-6-1)43(32-19-7-2-8-20-32)47-45-41-29-39-36-26-14-16-28-38(36)42(30-40(39)35-25-13-15-27-37(35)41)46-48-44(33-21-9-3-10-22-33)34-23-11-4-12-24-34/h1-30,43-44H. The van der Waals surface area contributed by atoms with Crippen LogP contribution in [0.3, 0.4) is 0 Å².